The molecule has 70 valence electrons. The van der Waals surface area contributed by atoms with Crippen molar-refractivity contribution in [2.24, 2.45) is 0 Å². The van der Waals surface area contributed by atoms with Crippen LogP contribution >= 0.6 is 12.6 Å². The highest BCUT2D eigenvalue weighted by molar-refractivity contribution is 7.97. The highest BCUT2D eigenvalue weighted by Crippen LogP contribution is 2.30. The first kappa shape index (κ1) is 10.0. The zero-order chi connectivity index (χ0) is 10.1. The van der Waals surface area contributed by atoms with Gasteiger partial charge in [-0.05, 0) is 12.1 Å². The van der Waals surface area contributed by atoms with Gasteiger partial charge in [0.25, 0.3) is 0 Å². The Morgan fingerprint density at radius 3 is 2.46 bits per heavy atom. The Bertz CT molecular complexity index is 337. The summed E-state index contributed by atoms with van der Waals surface area (Å²) in [6.45, 7) is 0. The molecule has 6 heteroatoms. The lowest BCUT2D eigenvalue weighted by atomic mass is 10.2. The zero-order valence-corrected chi connectivity index (χ0v) is 7.06. The molecule has 1 heterocycles. The summed E-state index contributed by atoms with van der Waals surface area (Å²) >= 11 is 3.31. The van der Waals surface area contributed by atoms with Crippen LogP contribution in [0, 0.1) is 0 Å². The number of halogens is 3. The summed E-state index contributed by atoms with van der Waals surface area (Å²) in [5, 5.41) is -0.944. The molecule has 2 nitrogen and oxygen atoms in total. The minimum Gasteiger partial charge on any atom is -0.282 e. The van der Waals surface area contributed by atoms with E-state index in [0.717, 1.165) is 12.3 Å². The molecule has 0 fully saturated rings. The van der Waals surface area contributed by atoms with Crippen molar-refractivity contribution in [3.63, 3.8) is 0 Å². The van der Waals surface area contributed by atoms with Crippen LogP contribution in [0.2, 0.25) is 0 Å². The fourth-order valence-corrected chi connectivity index (χ4v) is 0.984. The molecule has 0 atom stereocenters. The van der Waals surface area contributed by atoms with Crippen LogP contribution in [-0.4, -0.2) is 10.1 Å². The van der Waals surface area contributed by atoms with Gasteiger partial charge < -0.3 is 0 Å². The lowest BCUT2D eigenvalue weighted by molar-refractivity contribution is -0.141. The second kappa shape index (κ2) is 3.37. The van der Waals surface area contributed by atoms with Crippen LogP contribution in [0.4, 0.5) is 13.2 Å². The summed E-state index contributed by atoms with van der Waals surface area (Å²) in [7, 11) is 0. The van der Waals surface area contributed by atoms with Crippen LogP contribution in [0.25, 0.3) is 0 Å². The Kier molecular flexibility index (Phi) is 2.60. The van der Waals surface area contributed by atoms with E-state index in [1.54, 1.807) is 0 Å². The van der Waals surface area contributed by atoms with Crippen LogP contribution in [-0.2, 0) is 6.18 Å². The highest BCUT2D eigenvalue weighted by Gasteiger charge is 2.36. The van der Waals surface area contributed by atoms with Crippen molar-refractivity contribution in [3.8, 4) is 0 Å². The predicted octanol–water partition coefficient (Wildman–Crippen LogP) is 2.17. The molecule has 1 aromatic heterocycles. The molecule has 13 heavy (non-hydrogen) atoms. The van der Waals surface area contributed by atoms with Gasteiger partial charge in [-0.15, -0.1) is 12.6 Å². The average Bonchev–Trinajstić information content (AvgIpc) is 2.03. The number of rotatable bonds is 1. The van der Waals surface area contributed by atoms with Crippen molar-refractivity contribution in [1.82, 2.24) is 4.98 Å². The number of thiol groups is 1. The van der Waals surface area contributed by atoms with E-state index in [4.69, 9.17) is 0 Å². The molecule has 0 amide bonds. The Morgan fingerprint density at radius 1 is 1.46 bits per heavy atom. The second-order valence-electron chi connectivity index (χ2n) is 2.20. The molecule has 0 N–H and O–H groups in total. The van der Waals surface area contributed by atoms with Gasteiger partial charge in [-0.3, -0.25) is 9.78 Å². The molecular weight excluding hydrogens is 203 g/mol. The first-order valence-corrected chi connectivity index (χ1v) is 3.63. The van der Waals surface area contributed by atoms with Crippen LogP contribution < -0.4 is 0 Å². The first-order chi connectivity index (χ1) is 5.93. The third-order valence-electron chi connectivity index (χ3n) is 1.31. The van der Waals surface area contributed by atoms with E-state index in [0.29, 0.717) is 0 Å². The van der Waals surface area contributed by atoms with E-state index in [2.05, 4.69) is 17.6 Å². The van der Waals surface area contributed by atoms with Gasteiger partial charge in [-0.25, -0.2) is 0 Å². The molecule has 0 aliphatic rings. The fraction of sp³-hybridized carbons (Fsp3) is 0.143. The minimum atomic E-state index is -4.62. The second-order valence-corrected chi connectivity index (χ2v) is 2.61. The predicted molar refractivity (Wildman–Crippen MR) is 42.6 cm³/mol. The van der Waals surface area contributed by atoms with E-state index in [9.17, 15) is 18.0 Å². The average molecular weight is 207 g/mol. The van der Waals surface area contributed by atoms with E-state index < -0.39 is 22.5 Å². The molecule has 1 aromatic rings. The van der Waals surface area contributed by atoms with Gasteiger partial charge in [0.1, 0.15) is 0 Å². The smallest absolute Gasteiger partial charge is 0.282 e. The first-order valence-electron chi connectivity index (χ1n) is 3.18. The maximum absolute atomic E-state index is 12.2. The van der Waals surface area contributed by atoms with Crippen LogP contribution in [0.3, 0.4) is 0 Å². The summed E-state index contributed by atoms with van der Waals surface area (Å²) in [5.74, 6) is 0. The molecule has 0 radical (unpaired) electrons. The molecule has 0 bridgehead atoms. The summed E-state index contributed by atoms with van der Waals surface area (Å²) in [5.41, 5.74) is -1.73. The summed E-state index contributed by atoms with van der Waals surface area (Å²) in [6.07, 6.45) is -3.64. The molecule has 0 saturated carbocycles. The summed E-state index contributed by atoms with van der Waals surface area (Å²) < 4.78 is 36.5. The van der Waals surface area contributed by atoms with Crippen LogP contribution in [0.5, 0.6) is 0 Å². The molecular formula is C7H4F3NOS. The molecule has 0 unspecified atom stereocenters. The number of hydrogen-bond acceptors (Lipinski definition) is 2. The lowest BCUT2D eigenvalue weighted by Gasteiger charge is -2.07. The molecule has 1 rings (SSSR count). The number of carbonyl (C=O) groups is 1. The molecule has 0 aromatic carbocycles. The molecule has 0 aliphatic carbocycles. The third kappa shape index (κ3) is 2.21. The maximum Gasteiger partial charge on any atom is 0.434 e. The lowest BCUT2D eigenvalue weighted by Crippen LogP contribution is -2.13. The SMILES string of the molecule is O=C(S)c1cccnc1C(F)(F)F. The van der Waals surface area contributed by atoms with Gasteiger partial charge in [-0.2, -0.15) is 13.2 Å². The van der Waals surface area contributed by atoms with E-state index in [1.165, 1.54) is 6.07 Å². The largest absolute Gasteiger partial charge is 0.434 e. The van der Waals surface area contributed by atoms with Gasteiger partial charge >= 0.3 is 6.18 Å². The van der Waals surface area contributed by atoms with Crippen molar-refractivity contribution in [1.29, 1.82) is 0 Å². The number of carbonyl (C=O) groups excluding carboxylic acids is 1. The van der Waals surface area contributed by atoms with Crippen LogP contribution in [0.1, 0.15) is 16.1 Å². The Hall–Kier alpha value is -1.04. The van der Waals surface area contributed by atoms with Crippen LogP contribution in [0.15, 0.2) is 18.3 Å². The van der Waals surface area contributed by atoms with Crippen molar-refractivity contribution in [3.05, 3.63) is 29.6 Å². The van der Waals surface area contributed by atoms with Crippen molar-refractivity contribution >= 4 is 17.7 Å². The molecule has 0 saturated heterocycles. The Morgan fingerprint density at radius 2 is 2.08 bits per heavy atom. The van der Waals surface area contributed by atoms with Crippen molar-refractivity contribution in [2.45, 2.75) is 6.18 Å². The van der Waals surface area contributed by atoms with E-state index in [-0.39, 0.29) is 0 Å². The minimum absolute atomic E-state index is 0.529. The van der Waals surface area contributed by atoms with Crippen molar-refractivity contribution < 1.29 is 18.0 Å². The number of hydrogen-bond donors (Lipinski definition) is 1. The van der Waals surface area contributed by atoms with Gasteiger partial charge in [-0.1, -0.05) is 0 Å². The topological polar surface area (TPSA) is 30.0 Å². The quantitative estimate of drug-likeness (QED) is 0.715. The summed E-state index contributed by atoms with van der Waals surface area (Å²) in [4.78, 5) is 13.7. The molecule has 0 spiro atoms. The zero-order valence-electron chi connectivity index (χ0n) is 6.17. The molecule has 0 aliphatic heterocycles. The number of nitrogens with zero attached hydrogens (tertiary/aromatic N) is 1. The Balaban J connectivity index is 3.28. The van der Waals surface area contributed by atoms with E-state index >= 15 is 0 Å². The maximum atomic E-state index is 12.2. The van der Waals surface area contributed by atoms with Crippen molar-refractivity contribution in [2.75, 3.05) is 0 Å². The van der Waals surface area contributed by atoms with Gasteiger partial charge in [0.15, 0.2) is 5.69 Å². The number of aromatic nitrogens is 1. The normalized spacial score (nSPS) is 11.4. The monoisotopic (exact) mass is 207 g/mol. The summed E-state index contributed by atoms with van der Waals surface area (Å²) in [6, 6.07) is 2.28. The van der Waals surface area contributed by atoms with E-state index in [1.807, 2.05) is 0 Å². The Labute approximate surface area is 77.2 Å². The third-order valence-corrected chi connectivity index (χ3v) is 1.55. The number of alkyl halides is 3. The fourth-order valence-electron chi connectivity index (χ4n) is 0.804. The van der Waals surface area contributed by atoms with Gasteiger partial charge in [0.2, 0.25) is 5.12 Å². The highest BCUT2D eigenvalue weighted by atomic mass is 32.1. The number of pyridine rings is 1. The van der Waals surface area contributed by atoms with Gasteiger partial charge in [0.05, 0.1) is 5.56 Å². The standard InChI is InChI=1S/C7H4F3NOS/c8-7(9,10)5-4(6(12)13)2-1-3-11-5/h1-3H,(H,12,13). The van der Waals surface area contributed by atoms with Gasteiger partial charge in [0, 0.05) is 6.20 Å².